The first-order valence-electron chi connectivity index (χ1n) is 9.15. The van der Waals surface area contributed by atoms with E-state index < -0.39 is 5.82 Å². The molecule has 4 aromatic rings. The number of nitrogens with zero attached hydrogens (tertiary/aromatic N) is 3. The normalized spacial score (nSPS) is 13.1. The number of carbonyl (C=O) groups excluding carboxylic acids is 1. The molecule has 0 saturated carbocycles. The maximum absolute atomic E-state index is 14.4. The molecule has 29 heavy (non-hydrogen) atoms. The van der Waals surface area contributed by atoms with Gasteiger partial charge in [0, 0.05) is 30.1 Å². The van der Waals surface area contributed by atoms with Crippen LogP contribution in [-0.2, 0) is 19.5 Å². The largest absolute Gasteiger partial charge is 0.328 e. The lowest BCUT2D eigenvalue weighted by Crippen LogP contribution is -2.26. The standard InChI is InChI=1S/C21H16FN5O2/c22-17-6-5-12(8-18-14-3-1-2-4-15(14)20(28)26-25-18)7-16(17)21(29)27-10-13-9-23-24-19(13)11-27/h1-7,9H,8,10-11H2,(H,23,24)(H,26,28). The van der Waals surface area contributed by atoms with Crippen LogP contribution in [0.2, 0.25) is 0 Å². The number of aromatic nitrogens is 4. The SMILES string of the molecule is O=C(c1cc(Cc2n[nH]c(=O)c3ccccc23)ccc1F)N1Cc2c[nH]nc2C1. The van der Waals surface area contributed by atoms with Crippen LogP contribution >= 0.6 is 0 Å². The van der Waals surface area contributed by atoms with Gasteiger partial charge in [-0.3, -0.25) is 14.7 Å². The number of hydrogen-bond donors (Lipinski definition) is 2. The molecule has 0 saturated heterocycles. The highest BCUT2D eigenvalue weighted by Crippen LogP contribution is 2.24. The molecule has 0 aliphatic carbocycles. The summed E-state index contributed by atoms with van der Waals surface area (Å²) in [6.07, 6.45) is 2.11. The van der Waals surface area contributed by atoms with Gasteiger partial charge in [-0.1, -0.05) is 24.3 Å². The first-order chi connectivity index (χ1) is 14.1. The zero-order chi connectivity index (χ0) is 20.0. The molecule has 7 nitrogen and oxygen atoms in total. The van der Waals surface area contributed by atoms with Crippen LogP contribution in [0.15, 0.2) is 53.5 Å². The van der Waals surface area contributed by atoms with Crippen molar-refractivity contribution in [2.24, 2.45) is 0 Å². The number of halogens is 1. The number of H-pyrrole nitrogens is 2. The lowest BCUT2D eigenvalue weighted by molar-refractivity contribution is 0.0744. The van der Waals surface area contributed by atoms with Crippen LogP contribution in [-0.4, -0.2) is 31.2 Å². The number of amides is 1. The third-order valence-corrected chi connectivity index (χ3v) is 5.21. The van der Waals surface area contributed by atoms with E-state index in [4.69, 9.17) is 0 Å². The molecule has 144 valence electrons. The molecule has 0 atom stereocenters. The van der Waals surface area contributed by atoms with Gasteiger partial charge in [-0.15, -0.1) is 0 Å². The molecule has 5 rings (SSSR count). The quantitative estimate of drug-likeness (QED) is 0.563. The van der Waals surface area contributed by atoms with Crippen molar-refractivity contribution in [3.63, 3.8) is 0 Å². The van der Waals surface area contributed by atoms with E-state index >= 15 is 0 Å². The molecule has 0 bridgehead atoms. The Kier molecular flexibility index (Phi) is 3.97. The summed E-state index contributed by atoms with van der Waals surface area (Å²) in [6, 6.07) is 11.7. The van der Waals surface area contributed by atoms with Crippen molar-refractivity contribution in [1.29, 1.82) is 0 Å². The van der Waals surface area contributed by atoms with Crippen LogP contribution in [0.4, 0.5) is 4.39 Å². The fourth-order valence-electron chi connectivity index (χ4n) is 3.72. The number of hydrogen-bond acceptors (Lipinski definition) is 4. The zero-order valence-corrected chi connectivity index (χ0v) is 15.3. The van der Waals surface area contributed by atoms with E-state index in [1.807, 2.05) is 12.1 Å². The van der Waals surface area contributed by atoms with Gasteiger partial charge in [0.25, 0.3) is 11.5 Å². The van der Waals surface area contributed by atoms with Crippen LogP contribution in [0.5, 0.6) is 0 Å². The Morgan fingerprint density at radius 1 is 1.10 bits per heavy atom. The summed E-state index contributed by atoms with van der Waals surface area (Å²) in [6.45, 7) is 0.758. The zero-order valence-electron chi connectivity index (χ0n) is 15.3. The van der Waals surface area contributed by atoms with E-state index in [0.29, 0.717) is 30.6 Å². The fraction of sp³-hybridized carbons (Fsp3) is 0.143. The lowest BCUT2D eigenvalue weighted by Gasteiger charge is -2.16. The van der Waals surface area contributed by atoms with Gasteiger partial charge < -0.3 is 4.90 Å². The first-order valence-corrected chi connectivity index (χ1v) is 9.15. The second-order valence-electron chi connectivity index (χ2n) is 7.05. The number of fused-ring (bicyclic) bond motifs is 2. The van der Waals surface area contributed by atoms with Gasteiger partial charge in [-0.2, -0.15) is 10.2 Å². The topological polar surface area (TPSA) is 94.7 Å². The highest BCUT2D eigenvalue weighted by atomic mass is 19.1. The summed E-state index contributed by atoms with van der Waals surface area (Å²) >= 11 is 0. The average Bonchev–Trinajstić information content (AvgIpc) is 3.33. The minimum Gasteiger partial charge on any atom is -0.328 e. The Bertz CT molecular complexity index is 1290. The van der Waals surface area contributed by atoms with E-state index in [1.54, 1.807) is 35.4 Å². The molecule has 8 heteroatoms. The number of benzene rings is 2. The van der Waals surface area contributed by atoms with Crippen molar-refractivity contribution in [3.8, 4) is 0 Å². The Morgan fingerprint density at radius 2 is 1.93 bits per heavy atom. The predicted octanol–water partition coefficient (Wildman–Crippen LogP) is 2.53. The monoisotopic (exact) mass is 389 g/mol. The smallest absolute Gasteiger partial charge is 0.272 e. The second kappa shape index (κ2) is 6.66. The van der Waals surface area contributed by atoms with Crippen molar-refractivity contribution >= 4 is 16.7 Å². The van der Waals surface area contributed by atoms with Crippen LogP contribution < -0.4 is 5.56 Å². The first kappa shape index (κ1) is 17.3. The van der Waals surface area contributed by atoms with Crippen molar-refractivity contribution in [3.05, 3.63) is 92.9 Å². The summed E-state index contributed by atoms with van der Waals surface area (Å²) in [5.74, 6) is -0.939. The van der Waals surface area contributed by atoms with Crippen molar-refractivity contribution in [2.75, 3.05) is 0 Å². The second-order valence-corrected chi connectivity index (χ2v) is 7.05. The molecule has 0 unspecified atom stereocenters. The minimum absolute atomic E-state index is 0.0189. The number of rotatable bonds is 3. The van der Waals surface area contributed by atoms with Gasteiger partial charge in [-0.25, -0.2) is 9.49 Å². The molecule has 0 fully saturated rings. The molecule has 2 aromatic heterocycles. The Morgan fingerprint density at radius 3 is 2.76 bits per heavy atom. The van der Waals surface area contributed by atoms with Gasteiger partial charge in [-0.05, 0) is 23.8 Å². The van der Waals surface area contributed by atoms with Crippen LogP contribution in [0.3, 0.4) is 0 Å². The lowest BCUT2D eigenvalue weighted by atomic mass is 10.0. The highest BCUT2D eigenvalue weighted by molar-refractivity contribution is 5.95. The van der Waals surface area contributed by atoms with Crippen LogP contribution in [0.25, 0.3) is 10.8 Å². The Hall–Kier alpha value is -3.81. The molecule has 1 aliphatic rings. The minimum atomic E-state index is -0.566. The van der Waals surface area contributed by atoms with E-state index in [2.05, 4.69) is 20.4 Å². The molecule has 0 radical (unpaired) electrons. The summed E-state index contributed by atoms with van der Waals surface area (Å²) in [4.78, 5) is 26.4. The Balaban J connectivity index is 1.46. The maximum Gasteiger partial charge on any atom is 0.272 e. The summed E-state index contributed by atoms with van der Waals surface area (Å²) in [5, 5.41) is 14.8. The van der Waals surface area contributed by atoms with Crippen molar-refractivity contribution in [2.45, 2.75) is 19.5 Å². The summed E-state index contributed by atoms with van der Waals surface area (Å²) < 4.78 is 14.4. The fourth-order valence-corrected chi connectivity index (χ4v) is 3.72. The molecule has 1 amide bonds. The molecule has 3 heterocycles. The number of aromatic amines is 2. The molecular formula is C21H16FN5O2. The van der Waals surface area contributed by atoms with Gasteiger partial charge >= 0.3 is 0 Å². The van der Waals surface area contributed by atoms with Gasteiger partial charge in [0.2, 0.25) is 0 Å². The van der Waals surface area contributed by atoms with E-state index in [9.17, 15) is 14.0 Å². The molecule has 1 aliphatic heterocycles. The molecule has 2 aromatic carbocycles. The third-order valence-electron chi connectivity index (χ3n) is 5.21. The van der Waals surface area contributed by atoms with Crippen LogP contribution in [0.1, 0.15) is 32.9 Å². The summed E-state index contributed by atoms with van der Waals surface area (Å²) in [5.41, 5.74) is 2.90. The predicted molar refractivity (Wildman–Crippen MR) is 104 cm³/mol. The van der Waals surface area contributed by atoms with Crippen LogP contribution in [0, 0.1) is 5.82 Å². The average molecular weight is 389 g/mol. The van der Waals surface area contributed by atoms with E-state index in [0.717, 1.165) is 22.2 Å². The molecule has 2 N–H and O–H groups in total. The molecule has 0 spiro atoms. The van der Waals surface area contributed by atoms with E-state index in [1.165, 1.54) is 6.07 Å². The van der Waals surface area contributed by atoms with Crippen molar-refractivity contribution < 1.29 is 9.18 Å². The van der Waals surface area contributed by atoms with Gasteiger partial charge in [0.1, 0.15) is 5.82 Å². The number of nitrogens with one attached hydrogen (secondary N) is 2. The Labute approximate surface area is 164 Å². The maximum atomic E-state index is 14.4. The highest BCUT2D eigenvalue weighted by Gasteiger charge is 2.27. The van der Waals surface area contributed by atoms with E-state index in [-0.39, 0.29) is 17.0 Å². The number of carbonyl (C=O) groups is 1. The van der Waals surface area contributed by atoms with Crippen molar-refractivity contribution in [1.82, 2.24) is 25.3 Å². The van der Waals surface area contributed by atoms with Gasteiger partial charge in [0.05, 0.1) is 28.9 Å². The third kappa shape index (κ3) is 2.98. The summed E-state index contributed by atoms with van der Waals surface area (Å²) in [7, 11) is 0. The van der Waals surface area contributed by atoms with Gasteiger partial charge in [0.15, 0.2) is 0 Å². The molecular weight excluding hydrogens is 373 g/mol.